The molecule has 1 aliphatic heterocycles. The summed E-state index contributed by atoms with van der Waals surface area (Å²) in [5.41, 5.74) is 2.88. The Bertz CT molecular complexity index is 1590. The van der Waals surface area contributed by atoms with Crippen molar-refractivity contribution in [2.75, 3.05) is 12.0 Å². The van der Waals surface area contributed by atoms with Crippen LogP contribution in [0.4, 0.5) is 5.13 Å². The molecule has 1 aliphatic rings. The lowest BCUT2D eigenvalue weighted by atomic mass is 10.00. The number of anilines is 1. The number of carbonyl (C=O) groups excluding carboxylic acids is 3. The van der Waals surface area contributed by atoms with Gasteiger partial charge in [0.15, 0.2) is 5.13 Å². The van der Waals surface area contributed by atoms with Gasteiger partial charge >= 0.3 is 11.9 Å². The second kappa shape index (κ2) is 10.8. The molecule has 198 valence electrons. The number of aromatic nitrogens is 1. The number of nitrogens with zero attached hydrogens (tertiary/aromatic N) is 2. The van der Waals surface area contributed by atoms with Crippen molar-refractivity contribution in [3.63, 3.8) is 0 Å². The second-order valence-corrected chi connectivity index (χ2v) is 10.8. The molecule has 0 saturated carbocycles. The molecule has 4 aromatic rings. The minimum absolute atomic E-state index is 0.0523. The Balaban J connectivity index is 1.49. The predicted molar refractivity (Wildman–Crippen MR) is 149 cm³/mol. The van der Waals surface area contributed by atoms with Crippen molar-refractivity contribution in [2.24, 2.45) is 0 Å². The van der Waals surface area contributed by atoms with Gasteiger partial charge in [-0.3, -0.25) is 14.5 Å². The van der Waals surface area contributed by atoms with Crippen LogP contribution < -0.4 is 9.64 Å². The van der Waals surface area contributed by atoms with E-state index in [0.717, 1.165) is 22.5 Å². The SMILES string of the molecule is COC(=O)c1sc(N2C(=O)C(=O)C(=C(O)c3ccc(OCc4ccccc4C)cc3)C2c2cccs2)nc1C. The number of Topliss-reactive ketones (excluding diaryl/α,β-unsaturated/α-hetero) is 1. The molecular formula is C29H24N2O6S2. The Morgan fingerprint density at radius 2 is 1.79 bits per heavy atom. The molecule has 3 heterocycles. The molecule has 5 rings (SSSR count). The minimum atomic E-state index is -0.905. The lowest BCUT2D eigenvalue weighted by Gasteiger charge is -2.21. The number of aliphatic hydroxyl groups excluding tert-OH is 1. The van der Waals surface area contributed by atoms with E-state index in [-0.39, 0.29) is 21.3 Å². The number of aliphatic hydroxyl groups is 1. The number of esters is 1. The van der Waals surface area contributed by atoms with E-state index in [1.807, 2.05) is 36.6 Å². The highest BCUT2D eigenvalue weighted by Gasteiger charge is 2.48. The van der Waals surface area contributed by atoms with Crippen molar-refractivity contribution in [3.8, 4) is 5.75 Å². The smallest absolute Gasteiger partial charge is 0.350 e. The number of ether oxygens (including phenoxy) is 2. The zero-order valence-electron chi connectivity index (χ0n) is 21.3. The maximum atomic E-state index is 13.3. The highest BCUT2D eigenvalue weighted by atomic mass is 32.1. The van der Waals surface area contributed by atoms with Gasteiger partial charge in [-0.1, -0.05) is 41.7 Å². The van der Waals surface area contributed by atoms with Gasteiger partial charge in [-0.2, -0.15) is 0 Å². The average Bonchev–Trinajstić information content (AvgIpc) is 3.66. The second-order valence-electron chi connectivity index (χ2n) is 8.83. The van der Waals surface area contributed by atoms with Crippen LogP contribution >= 0.6 is 22.7 Å². The summed E-state index contributed by atoms with van der Waals surface area (Å²) in [6.45, 7) is 4.04. The Labute approximate surface area is 232 Å². The highest BCUT2D eigenvalue weighted by molar-refractivity contribution is 7.18. The van der Waals surface area contributed by atoms with Gasteiger partial charge in [-0.25, -0.2) is 9.78 Å². The standard InChI is InChI=1S/C29H24N2O6S2/c1-16-7-4-5-8-19(16)15-37-20-12-10-18(11-13-20)24(32)22-23(21-9-6-14-38-21)31(27(34)25(22)33)29-30-17(2)26(39-29)28(35)36-3/h4-14,23,32H,15H2,1-3H3. The quantitative estimate of drug-likeness (QED) is 0.132. The molecular weight excluding hydrogens is 536 g/mol. The van der Waals surface area contributed by atoms with E-state index in [1.54, 1.807) is 43.3 Å². The van der Waals surface area contributed by atoms with Gasteiger partial charge in [0.1, 0.15) is 29.0 Å². The number of aryl methyl sites for hydroxylation is 2. The topological polar surface area (TPSA) is 106 Å². The summed E-state index contributed by atoms with van der Waals surface area (Å²) in [5.74, 6) is -1.96. The fourth-order valence-corrected chi connectivity index (χ4v) is 6.15. The number of thiophene rings is 1. The van der Waals surface area contributed by atoms with Crippen molar-refractivity contribution in [1.29, 1.82) is 0 Å². The molecule has 10 heteroatoms. The van der Waals surface area contributed by atoms with Gasteiger partial charge in [0.05, 0.1) is 18.4 Å². The van der Waals surface area contributed by atoms with Crippen LogP contribution in [0.1, 0.15) is 43.0 Å². The molecule has 1 saturated heterocycles. The van der Waals surface area contributed by atoms with Crippen LogP contribution in [-0.2, 0) is 20.9 Å². The van der Waals surface area contributed by atoms with Gasteiger partial charge in [0.25, 0.3) is 5.78 Å². The first-order valence-electron chi connectivity index (χ1n) is 12.0. The van der Waals surface area contributed by atoms with E-state index in [0.29, 0.717) is 28.5 Å². The van der Waals surface area contributed by atoms with E-state index in [4.69, 9.17) is 9.47 Å². The van der Waals surface area contributed by atoms with Gasteiger partial charge in [-0.05, 0) is 60.7 Å². The number of hydrogen-bond donors (Lipinski definition) is 1. The Hall–Kier alpha value is -4.28. The summed E-state index contributed by atoms with van der Waals surface area (Å²) < 4.78 is 10.7. The summed E-state index contributed by atoms with van der Waals surface area (Å²) >= 11 is 2.31. The van der Waals surface area contributed by atoms with Crippen molar-refractivity contribution < 1.29 is 29.0 Å². The molecule has 0 radical (unpaired) electrons. The van der Waals surface area contributed by atoms with Crippen molar-refractivity contribution in [3.05, 3.63) is 104 Å². The number of hydrogen-bond acceptors (Lipinski definition) is 9. The molecule has 39 heavy (non-hydrogen) atoms. The van der Waals surface area contributed by atoms with Crippen LogP contribution in [0.2, 0.25) is 0 Å². The van der Waals surface area contributed by atoms with E-state index < -0.39 is 23.7 Å². The molecule has 0 aliphatic carbocycles. The largest absolute Gasteiger partial charge is 0.507 e. The summed E-state index contributed by atoms with van der Waals surface area (Å²) in [6.07, 6.45) is 0. The number of amides is 1. The molecule has 2 aromatic carbocycles. The van der Waals surface area contributed by atoms with Gasteiger partial charge in [0.2, 0.25) is 0 Å². The van der Waals surface area contributed by atoms with Gasteiger partial charge in [0, 0.05) is 10.4 Å². The molecule has 2 aromatic heterocycles. The van der Waals surface area contributed by atoms with Crippen LogP contribution in [0, 0.1) is 13.8 Å². The summed E-state index contributed by atoms with van der Waals surface area (Å²) in [4.78, 5) is 45.3. The molecule has 1 N–H and O–H groups in total. The number of ketones is 1. The number of methoxy groups -OCH3 is 1. The number of benzene rings is 2. The van der Waals surface area contributed by atoms with Crippen LogP contribution in [0.25, 0.3) is 5.76 Å². The minimum Gasteiger partial charge on any atom is -0.507 e. The molecule has 0 spiro atoms. The first-order valence-corrected chi connectivity index (χ1v) is 13.7. The molecule has 0 bridgehead atoms. The third kappa shape index (κ3) is 4.96. The van der Waals surface area contributed by atoms with Crippen LogP contribution in [0.5, 0.6) is 5.75 Å². The number of carbonyl (C=O) groups is 3. The molecule has 8 nitrogen and oxygen atoms in total. The third-order valence-electron chi connectivity index (χ3n) is 6.40. The van der Waals surface area contributed by atoms with Crippen molar-refractivity contribution in [1.82, 2.24) is 4.98 Å². The summed E-state index contributed by atoms with van der Waals surface area (Å²) in [7, 11) is 1.26. The highest BCUT2D eigenvalue weighted by Crippen LogP contribution is 2.45. The van der Waals surface area contributed by atoms with E-state index in [1.165, 1.54) is 23.3 Å². The Morgan fingerprint density at radius 1 is 1.05 bits per heavy atom. The zero-order chi connectivity index (χ0) is 27.7. The van der Waals surface area contributed by atoms with Gasteiger partial charge < -0.3 is 14.6 Å². The Morgan fingerprint density at radius 3 is 2.46 bits per heavy atom. The fourth-order valence-electron chi connectivity index (χ4n) is 4.31. The maximum absolute atomic E-state index is 13.3. The van der Waals surface area contributed by atoms with Crippen LogP contribution in [0.15, 0.2) is 71.6 Å². The average molecular weight is 561 g/mol. The Kier molecular flexibility index (Phi) is 7.32. The summed E-state index contributed by atoms with van der Waals surface area (Å²) in [6, 6.07) is 17.3. The monoisotopic (exact) mass is 560 g/mol. The number of rotatable bonds is 7. The van der Waals surface area contributed by atoms with E-state index in [2.05, 4.69) is 4.98 Å². The zero-order valence-corrected chi connectivity index (χ0v) is 23.0. The fraction of sp³-hybridized carbons (Fsp3) is 0.172. The lowest BCUT2D eigenvalue weighted by molar-refractivity contribution is -0.132. The normalized spacial score (nSPS) is 16.5. The third-order valence-corrected chi connectivity index (χ3v) is 8.46. The number of thiazole rings is 1. The van der Waals surface area contributed by atoms with Gasteiger partial charge in [-0.15, -0.1) is 11.3 Å². The molecule has 1 fully saturated rings. The lowest BCUT2D eigenvalue weighted by Crippen LogP contribution is -2.29. The molecule has 1 amide bonds. The van der Waals surface area contributed by atoms with Crippen molar-refractivity contribution in [2.45, 2.75) is 26.5 Å². The van der Waals surface area contributed by atoms with E-state index >= 15 is 0 Å². The first-order chi connectivity index (χ1) is 18.8. The first kappa shape index (κ1) is 26.3. The van der Waals surface area contributed by atoms with Crippen LogP contribution in [-0.4, -0.2) is 34.9 Å². The maximum Gasteiger partial charge on any atom is 0.350 e. The molecule has 1 atom stereocenters. The summed E-state index contributed by atoms with van der Waals surface area (Å²) in [5, 5.41) is 13.3. The van der Waals surface area contributed by atoms with E-state index in [9.17, 15) is 19.5 Å². The predicted octanol–water partition coefficient (Wildman–Crippen LogP) is 5.81. The van der Waals surface area contributed by atoms with Crippen LogP contribution in [0.3, 0.4) is 0 Å². The molecule has 1 unspecified atom stereocenters. The van der Waals surface area contributed by atoms with Crippen molar-refractivity contribution >= 4 is 51.2 Å².